The van der Waals surface area contributed by atoms with E-state index in [1.54, 1.807) is 17.8 Å². The van der Waals surface area contributed by atoms with E-state index in [9.17, 15) is 4.79 Å². The number of benzene rings is 1. The minimum absolute atomic E-state index is 0.305. The number of carbonyl (C=O) groups excluding carboxylic acids is 1. The Bertz CT molecular complexity index is 1080. The summed E-state index contributed by atoms with van der Waals surface area (Å²) in [6.45, 7) is 3.96. The normalized spacial score (nSPS) is 15.5. The Hall–Kier alpha value is -2.65. The van der Waals surface area contributed by atoms with Crippen molar-refractivity contribution in [1.29, 1.82) is 0 Å². The van der Waals surface area contributed by atoms with Gasteiger partial charge >= 0.3 is 5.97 Å². The highest BCUT2D eigenvalue weighted by Crippen LogP contribution is 2.37. The number of hydrogen-bond acceptors (Lipinski definition) is 7. The van der Waals surface area contributed by atoms with E-state index in [0.717, 1.165) is 15.6 Å². The average molecular weight is 486 g/mol. The fourth-order valence-corrected chi connectivity index (χ4v) is 4.28. The van der Waals surface area contributed by atoms with E-state index in [0.29, 0.717) is 34.7 Å². The molecule has 0 saturated carbocycles. The zero-order valence-electron chi connectivity index (χ0n) is 16.5. The predicted octanol–water partition coefficient (Wildman–Crippen LogP) is 4.58. The Kier molecular flexibility index (Phi) is 6.19. The van der Waals surface area contributed by atoms with Gasteiger partial charge in [0, 0.05) is 28.3 Å². The van der Waals surface area contributed by atoms with Crippen LogP contribution < -0.4 is 5.32 Å². The van der Waals surface area contributed by atoms with Gasteiger partial charge in [-0.25, -0.2) is 9.48 Å². The third-order valence-electron chi connectivity index (χ3n) is 4.60. The number of anilines is 1. The molecule has 1 aliphatic rings. The number of thioether (sulfide) groups is 1. The lowest BCUT2D eigenvalue weighted by Crippen LogP contribution is -2.29. The van der Waals surface area contributed by atoms with Gasteiger partial charge in [-0.05, 0) is 43.2 Å². The number of aromatic nitrogens is 4. The number of pyridine rings is 1. The van der Waals surface area contributed by atoms with Crippen molar-refractivity contribution in [3.63, 3.8) is 0 Å². The maximum absolute atomic E-state index is 12.8. The zero-order chi connectivity index (χ0) is 21.1. The molecule has 1 aliphatic heterocycles. The van der Waals surface area contributed by atoms with Crippen LogP contribution in [0.2, 0.25) is 0 Å². The van der Waals surface area contributed by atoms with Crippen molar-refractivity contribution in [3.8, 4) is 0 Å². The van der Waals surface area contributed by atoms with E-state index in [1.165, 1.54) is 11.8 Å². The Morgan fingerprint density at radius 1 is 1.30 bits per heavy atom. The van der Waals surface area contributed by atoms with Crippen molar-refractivity contribution < 1.29 is 9.53 Å². The molecule has 0 saturated heterocycles. The summed E-state index contributed by atoms with van der Waals surface area (Å²) < 4.78 is 8.06. The summed E-state index contributed by atoms with van der Waals surface area (Å²) in [7, 11) is 0. The Balaban J connectivity index is 1.70. The standard InChI is InChI=1S/C21H20BrN5O2S/c1-3-29-19(28)17-13(2)24-20-25-21(30-12-14-5-4-10-23-11-14)26-27(20)18(17)15-6-8-16(22)9-7-15/h4-11,18H,3,12H2,1-2H3,(H,24,25,26). The van der Waals surface area contributed by atoms with Crippen LogP contribution >= 0.6 is 27.7 Å². The van der Waals surface area contributed by atoms with Crippen LogP contribution in [0.15, 0.2) is 69.7 Å². The average Bonchev–Trinajstić information content (AvgIpc) is 3.15. The largest absolute Gasteiger partial charge is 0.463 e. The van der Waals surface area contributed by atoms with Crippen molar-refractivity contribution >= 4 is 39.6 Å². The minimum atomic E-state index is -0.423. The molecule has 9 heteroatoms. The molecule has 1 aromatic carbocycles. The summed E-state index contributed by atoms with van der Waals surface area (Å²) in [6, 6.07) is 11.3. The molecule has 30 heavy (non-hydrogen) atoms. The molecule has 2 aromatic heterocycles. The molecule has 4 rings (SSSR count). The number of nitrogens with one attached hydrogen (secondary N) is 1. The second-order valence-corrected chi connectivity index (χ2v) is 8.51. The third-order valence-corrected chi connectivity index (χ3v) is 6.04. The van der Waals surface area contributed by atoms with Crippen LogP contribution in [-0.2, 0) is 15.3 Å². The first-order chi connectivity index (χ1) is 14.6. The first kappa shape index (κ1) is 20.6. The summed E-state index contributed by atoms with van der Waals surface area (Å²) in [6.07, 6.45) is 3.58. The van der Waals surface area contributed by atoms with Crippen LogP contribution in [0.4, 0.5) is 5.95 Å². The van der Waals surface area contributed by atoms with Crippen molar-refractivity contribution in [2.75, 3.05) is 11.9 Å². The number of ether oxygens (including phenoxy) is 1. The maximum Gasteiger partial charge on any atom is 0.338 e. The lowest BCUT2D eigenvalue weighted by molar-refractivity contribution is -0.139. The number of fused-ring (bicyclic) bond motifs is 1. The highest BCUT2D eigenvalue weighted by Gasteiger charge is 2.35. The summed E-state index contributed by atoms with van der Waals surface area (Å²) in [5.41, 5.74) is 3.26. The predicted molar refractivity (Wildman–Crippen MR) is 119 cm³/mol. The van der Waals surface area contributed by atoms with Crippen molar-refractivity contribution in [2.24, 2.45) is 0 Å². The van der Waals surface area contributed by atoms with Gasteiger partial charge in [-0.15, -0.1) is 5.10 Å². The Labute approximate surface area is 187 Å². The maximum atomic E-state index is 12.8. The number of halogens is 1. The summed E-state index contributed by atoms with van der Waals surface area (Å²) in [4.78, 5) is 21.6. The highest BCUT2D eigenvalue weighted by molar-refractivity contribution is 9.10. The monoisotopic (exact) mass is 485 g/mol. The van der Waals surface area contributed by atoms with Gasteiger partial charge in [-0.2, -0.15) is 4.98 Å². The lowest BCUT2D eigenvalue weighted by atomic mass is 9.96. The van der Waals surface area contributed by atoms with Gasteiger partial charge < -0.3 is 10.1 Å². The smallest absolute Gasteiger partial charge is 0.338 e. The van der Waals surface area contributed by atoms with Crippen LogP contribution in [0.25, 0.3) is 0 Å². The van der Waals surface area contributed by atoms with Crippen molar-refractivity contribution in [2.45, 2.75) is 30.8 Å². The topological polar surface area (TPSA) is 81.9 Å². The van der Waals surface area contributed by atoms with E-state index in [2.05, 4.69) is 31.2 Å². The summed E-state index contributed by atoms with van der Waals surface area (Å²) in [5, 5.41) is 8.54. The van der Waals surface area contributed by atoms with Gasteiger partial charge in [-0.3, -0.25) is 4.98 Å². The highest BCUT2D eigenvalue weighted by atomic mass is 79.9. The fourth-order valence-electron chi connectivity index (χ4n) is 3.25. The SMILES string of the molecule is CCOC(=O)C1=C(C)Nc2nc(SCc3cccnc3)nn2C1c1ccc(Br)cc1. The van der Waals surface area contributed by atoms with Gasteiger partial charge in [0.2, 0.25) is 11.1 Å². The molecule has 3 heterocycles. The van der Waals surface area contributed by atoms with Crippen molar-refractivity contribution in [3.05, 3.63) is 75.7 Å². The summed E-state index contributed by atoms with van der Waals surface area (Å²) >= 11 is 4.99. The molecular weight excluding hydrogens is 466 g/mol. The van der Waals surface area contributed by atoms with Crippen LogP contribution in [0, 0.1) is 0 Å². The number of carbonyl (C=O) groups is 1. The fraction of sp³-hybridized carbons (Fsp3) is 0.238. The minimum Gasteiger partial charge on any atom is -0.463 e. The van der Waals surface area contributed by atoms with E-state index in [4.69, 9.17) is 9.84 Å². The Morgan fingerprint density at radius 2 is 2.10 bits per heavy atom. The second-order valence-electron chi connectivity index (χ2n) is 6.65. The number of hydrogen-bond donors (Lipinski definition) is 1. The third kappa shape index (κ3) is 4.27. The second kappa shape index (κ2) is 9.01. The zero-order valence-corrected chi connectivity index (χ0v) is 18.9. The van der Waals surface area contributed by atoms with E-state index >= 15 is 0 Å². The molecule has 7 nitrogen and oxygen atoms in total. The molecule has 0 aliphatic carbocycles. The van der Waals surface area contributed by atoms with Gasteiger partial charge in [0.05, 0.1) is 12.2 Å². The summed E-state index contributed by atoms with van der Waals surface area (Å²) in [5.74, 6) is 0.945. The molecule has 3 aromatic rings. The quantitative estimate of drug-likeness (QED) is 0.404. The molecule has 1 unspecified atom stereocenters. The number of nitrogens with zero attached hydrogens (tertiary/aromatic N) is 4. The van der Waals surface area contributed by atoms with Crippen LogP contribution in [0.3, 0.4) is 0 Å². The molecule has 1 atom stereocenters. The van der Waals surface area contributed by atoms with Crippen LogP contribution in [0.1, 0.15) is 31.0 Å². The first-order valence-electron chi connectivity index (χ1n) is 9.45. The molecular formula is C21H20BrN5O2S. The molecule has 0 spiro atoms. The van der Waals surface area contributed by atoms with Crippen molar-refractivity contribution in [1.82, 2.24) is 19.7 Å². The molecule has 0 fully saturated rings. The van der Waals surface area contributed by atoms with Gasteiger partial charge in [0.25, 0.3) is 0 Å². The Morgan fingerprint density at radius 3 is 2.80 bits per heavy atom. The number of allylic oxidation sites excluding steroid dienone is 1. The molecule has 154 valence electrons. The van der Waals surface area contributed by atoms with E-state index in [-0.39, 0.29) is 5.97 Å². The molecule has 1 N–H and O–H groups in total. The number of esters is 1. The van der Waals surface area contributed by atoms with Crippen LogP contribution in [0.5, 0.6) is 0 Å². The van der Waals surface area contributed by atoms with Gasteiger partial charge in [0.15, 0.2) is 0 Å². The van der Waals surface area contributed by atoms with Gasteiger partial charge in [-0.1, -0.05) is 45.9 Å². The van der Waals surface area contributed by atoms with E-state index in [1.807, 2.05) is 49.5 Å². The van der Waals surface area contributed by atoms with Crippen LogP contribution in [-0.4, -0.2) is 32.3 Å². The number of rotatable bonds is 6. The first-order valence-corrected chi connectivity index (χ1v) is 11.2. The molecule has 0 radical (unpaired) electrons. The van der Waals surface area contributed by atoms with E-state index < -0.39 is 6.04 Å². The lowest BCUT2D eigenvalue weighted by Gasteiger charge is -2.28. The van der Waals surface area contributed by atoms with Gasteiger partial charge in [0.1, 0.15) is 6.04 Å². The molecule has 0 bridgehead atoms. The molecule has 0 amide bonds.